The molecule has 1 unspecified atom stereocenters. The summed E-state index contributed by atoms with van der Waals surface area (Å²) in [7, 11) is -13.5. The van der Waals surface area contributed by atoms with Crippen LogP contribution in [0.4, 0.5) is 26.3 Å². The van der Waals surface area contributed by atoms with E-state index in [0.717, 1.165) is 6.92 Å². The molecule has 23 heavy (non-hydrogen) atoms. The van der Waals surface area contributed by atoms with Crippen molar-refractivity contribution < 1.29 is 52.7 Å². The molecule has 0 fully saturated rings. The summed E-state index contributed by atoms with van der Waals surface area (Å²) in [6.07, 6.45) is -3.13. The Bertz CT molecular complexity index is 616. The number of esters is 1. The van der Waals surface area contributed by atoms with Crippen molar-refractivity contribution in [2.45, 2.75) is 35.0 Å². The molecule has 0 aliphatic heterocycles. The number of ether oxygens (including phenoxy) is 1. The molecule has 0 aliphatic rings. The van der Waals surface area contributed by atoms with Crippen molar-refractivity contribution in [2.75, 3.05) is 0 Å². The zero-order valence-corrected chi connectivity index (χ0v) is 12.8. The van der Waals surface area contributed by atoms with Crippen molar-refractivity contribution in [1.29, 1.82) is 0 Å². The third kappa shape index (κ3) is 4.83. The molecule has 0 heterocycles. The fraction of sp³-hybridized carbons (Fsp3) is 0.667. The Hall–Kier alpha value is -1.31. The lowest BCUT2D eigenvalue weighted by atomic mass is 10.3. The minimum absolute atomic E-state index is 0.502. The van der Waals surface area contributed by atoms with Gasteiger partial charge >= 0.3 is 17.0 Å². The van der Waals surface area contributed by atoms with Gasteiger partial charge in [-0.15, -0.1) is 0 Å². The Balaban J connectivity index is 5.98. The number of alkyl halides is 6. The monoisotopic (exact) mass is 392 g/mol. The third-order valence-electron chi connectivity index (χ3n) is 2.35. The number of sulfone groups is 2. The molecule has 0 N–H and O–H groups in total. The van der Waals surface area contributed by atoms with Crippen molar-refractivity contribution in [3.63, 3.8) is 0 Å². The van der Waals surface area contributed by atoms with Crippen molar-refractivity contribution in [2.24, 2.45) is 0 Å². The Morgan fingerprint density at radius 1 is 1.04 bits per heavy atom. The van der Waals surface area contributed by atoms with Crippen LogP contribution >= 0.6 is 0 Å². The van der Waals surface area contributed by atoms with E-state index in [1.54, 1.807) is 0 Å². The Kier molecular flexibility index (Phi) is 6.29. The van der Waals surface area contributed by atoms with E-state index in [1.165, 1.54) is 0 Å². The summed E-state index contributed by atoms with van der Waals surface area (Å²) in [6, 6.07) is 0. The number of carbonyl (C=O) groups excluding carboxylic acids is 1. The van der Waals surface area contributed by atoms with E-state index in [-0.39, 0.29) is 0 Å². The summed E-state index contributed by atoms with van der Waals surface area (Å²) in [5, 5.41) is 0. The van der Waals surface area contributed by atoms with Gasteiger partial charge in [0.05, 0.1) is 0 Å². The molecule has 0 saturated heterocycles. The second kappa shape index (κ2) is 6.67. The van der Waals surface area contributed by atoms with Crippen LogP contribution in [0.2, 0.25) is 0 Å². The quantitative estimate of drug-likeness (QED) is 0.388. The molecule has 0 aromatic heterocycles. The van der Waals surface area contributed by atoms with Gasteiger partial charge in [-0.2, -0.15) is 26.3 Å². The number of carbonyl (C=O) groups is 1. The van der Waals surface area contributed by atoms with E-state index >= 15 is 0 Å². The molecule has 1 atom stereocenters. The molecule has 6 nitrogen and oxygen atoms in total. The largest absolute Gasteiger partial charge is 0.498 e. The highest BCUT2D eigenvalue weighted by molar-refractivity contribution is 8.09. The highest BCUT2D eigenvalue weighted by atomic mass is 32.3. The van der Waals surface area contributed by atoms with Gasteiger partial charge in [0, 0.05) is 12.5 Å². The molecule has 0 aromatic rings. The molecule has 14 heteroatoms. The summed E-state index contributed by atoms with van der Waals surface area (Å²) in [5.41, 5.74) is -12.5. The van der Waals surface area contributed by atoms with Gasteiger partial charge in [-0.1, -0.05) is 6.58 Å². The van der Waals surface area contributed by atoms with Crippen molar-refractivity contribution >= 4 is 25.6 Å². The predicted molar refractivity (Wildman–Crippen MR) is 64.1 cm³/mol. The maximum atomic E-state index is 12.4. The number of hydrogen-bond acceptors (Lipinski definition) is 6. The summed E-state index contributed by atoms with van der Waals surface area (Å²) < 4.78 is 120. The minimum Gasteiger partial charge on any atom is -0.459 e. The van der Waals surface area contributed by atoms with Gasteiger partial charge in [-0.3, -0.25) is 0 Å². The van der Waals surface area contributed by atoms with Gasteiger partial charge in [0.1, 0.15) is 6.10 Å². The molecular weight excluding hydrogens is 382 g/mol. The normalized spacial score (nSPS) is 15.3. The van der Waals surface area contributed by atoms with Crippen molar-refractivity contribution in [1.82, 2.24) is 0 Å². The summed E-state index contributed by atoms with van der Waals surface area (Å²) in [6.45, 7) is 3.63. The van der Waals surface area contributed by atoms with Crippen LogP contribution in [0.3, 0.4) is 0 Å². The van der Waals surface area contributed by atoms with E-state index in [0.29, 0.717) is 6.08 Å². The van der Waals surface area contributed by atoms with Gasteiger partial charge in [0.2, 0.25) is 0 Å². The fourth-order valence-corrected chi connectivity index (χ4v) is 4.92. The molecule has 0 saturated carbocycles. The molecule has 0 aliphatic carbocycles. The Morgan fingerprint density at radius 2 is 1.39 bits per heavy atom. The standard InChI is InChI=1S/C9H10F6O6S2/c1-3-6(16)21-5(2)4-7(22(17,18)8(10,11)12)23(19,20)9(13,14)15/h3,5,7H,1,4H2,2H3. The molecule has 0 bridgehead atoms. The third-order valence-corrected chi connectivity index (χ3v) is 6.93. The smallest absolute Gasteiger partial charge is 0.459 e. The first-order valence-corrected chi connectivity index (χ1v) is 8.51. The minimum atomic E-state index is -6.74. The van der Waals surface area contributed by atoms with Crippen LogP contribution < -0.4 is 0 Å². The van der Waals surface area contributed by atoms with E-state index in [9.17, 15) is 48.0 Å². The molecule has 0 amide bonds. The predicted octanol–water partition coefficient (Wildman–Crippen LogP) is 1.69. The molecule has 0 radical (unpaired) electrons. The second-order valence-corrected chi connectivity index (χ2v) is 8.64. The highest BCUT2D eigenvalue weighted by Crippen LogP contribution is 2.38. The maximum absolute atomic E-state index is 12.4. The Morgan fingerprint density at radius 3 is 1.65 bits per heavy atom. The summed E-state index contributed by atoms with van der Waals surface area (Å²) >= 11 is 0. The van der Waals surface area contributed by atoms with Gasteiger partial charge < -0.3 is 4.74 Å². The van der Waals surface area contributed by atoms with Crippen LogP contribution in [0, 0.1) is 0 Å². The van der Waals surface area contributed by atoms with Gasteiger partial charge in [0.15, 0.2) is 4.58 Å². The molecule has 0 rings (SSSR count). The topological polar surface area (TPSA) is 94.6 Å². The number of hydrogen-bond donors (Lipinski definition) is 0. The maximum Gasteiger partial charge on any atom is 0.498 e. The van der Waals surface area contributed by atoms with E-state index in [4.69, 9.17) is 0 Å². The zero-order valence-electron chi connectivity index (χ0n) is 11.2. The van der Waals surface area contributed by atoms with E-state index < -0.39 is 53.8 Å². The molecule has 0 spiro atoms. The number of halogens is 6. The first kappa shape index (κ1) is 21.7. The van der Waals surface area contributed by atoms with Gasteiger partial charge in [-0.25, -0.2) is 21.6 Å². The second-order valence-electron chi connectivity index (χ2n) is 4.10. The first-order chi connectivity index (χ1) is 9.98. The lowest BCUT2D eigenvalue weighted by Crippen LogP contribution is -2.46. The summed E-state index contributed by atoms with van der Waals surface area (Å²) in [4.78, 5) is 10.8. The fourth-order valence-electron chi connectivity index (χ4n) is 1.28. The van der Waals surface area contributed by atoms with Crippen molar-refractivity contribution in [3.8, 4) is 0 Å². The SMILES string of the molecule is C=CC(=O)OC(C)CC(S(=O)(=O)C(F)(F)F)S(=O)(=O)C(F)(F)F. The van der Waals surface area contributed by atoms with E-state index in [1.807, 2.05) is 0 Å². The average Bonchev–Trinajstić information content (AvgIpc) is 2.32. The van der Waals surface area contributed by atoms with E-state index in [2.05, 4.69) is 11.3 Å². The zero-order chi connectivity index (χ0) is 18.9. The highest BCUT2D eigenvalue weighted by Gasteiger charge is 2.63. The molecular formula is C9H10F6O6S2. The lowest BCUT2D eigenvalue weighted by Gasteiger charge is -2.23. The number of rotatable bonds is 6. The van der Waals surface area contributed by atoms with Crippen LogP contribution in [-0.2, 0) is 29.2 Å². The molecule has 136 valence electrons. The van der Waals surface area contributed by atoms with Crippen LogP contribution in [0.1, 0.15) is 13.3 Å². The van der Waals surface area contributed by atoms with Crippen LogP contribution in [0.15, 0.2) is 12.7 Å². The first-order valence-electron chi connectivity index (χ1n) is 5.41. The van der Waals surface area contributed by atoms with Crippen molar-refractivity contribution in [3.05, 3.63) is 12.7 Å². The Labute approximate surface area is 126 Å². The summed E-state index contributed by atoms with van der Waals surface area (Å²) in [5.74, 6) is -1.29. The van der Waals surface area contributed by atoms with Crippen LogP contribution in [0.5, 0.6) is 0 Å². The molecule has 0 aromatic carbocycles. The average molecular weight is 392 g/mol. The van der Waals surface area contributed by atoms with Crippen LogP contribution in [-0.4, -0.2) is 44.5 Å². The van der Waals surface area contributed by atoms with Gasteiger partial charge in [-0.05, 0) is 6.92 Å². The van der Waals surface area contributed by atoms with Crippen LogP contribution in [0.25, 0.3) is 0 Å². The van der Waals surface area contributed by atoms with Gasteiger partial charge in [0.25, 0.3) is 19.7 Å². The lowest BCUT2D eigenvalue weighted by molar-refractivity contribution is -0.142.